The van der Waals surface area contributed by atoms with Gasteiger partial charge in [-0.2, -0.15) is 0 Å². The summed E-state index contributed by atoms with van der Waals surface area (Å²) in [4.78, 5) is 13.8. The number of rotatable bonds is 6. The number of carbonyl (C=O) groups excluding carboxylic acids is 1. The fourth-order valence-corrected chi connectivity index (χ4v) is 5.38. The predicted octanol–water partition coefficient (Wildman–Crippen LogP) is 7.25. The van der Waals surface area contributed by atoms with Gasteiger partial charge in [-0.25, -0.2) is 0 Å². The average molecular weight is 503 g/mol. The van der Waals surface area contributed by atoms with Crippen molar-refractivity contribution in [1.29, 1.82) is 0 Å². The smallest absolute Gasteiger partial charge is 0.163 e. The molecule has 5 nitrogen and oxygen atoms in total. The molecular weight excluding hydrogens is 472 g/mol. The van der Waals surface area contributed by atoms with Crippen LogP contribution in [0.4, 0.5) is 11.4 Å². The molecule has 1 heterocycles. The summed E-state index contributed by atoms with van der Waals surface area (Å²) in [5.74, 6) is 1.85. The number of ether oxygens (including phenoxy) is 2. The lowest BCUT2D eigenvalue weighted by Crippen LogP contribution is -2.26. The van der Waals surface area contributed by atoms with Crippen LogP contribution < -0.4 is 20.1 Å². The van der Waals surface area contributed by atoms with Gasteiger partial charge >= 0.3 is 0 Å². The van der Waals surface area contributed by atoms with Gasteiger partial charge in [0.15, 0.2) is 5.78 Å². The molecule has 190 valence electrons. The van der Waals surface area contributed by atoms with E-state index in [1.807, 2.05) is 60.7 Å². The highest BCUT2D eigenvalue weighted by molar-refractivity contribution is 6.01. The molecule has 4 aromatic carbocycles. The molecule has 1 aliphatic carbocycles. The maximum absolute atomic E-state index is 13.8. The zero-order valence-corrected chi connectivity index (χ0v) is 21.3. The summed E-state index contributed by atoms with van der Waals surface area (Å²) < 4.78 is 11.5. The first-order chi connectivity index (χ1) is 18.7. The van der Waals surface area contributed by atoms with E-state index in [9.17, 15) is 4.79 Å². The second kappa shape index (κ2) is 10.5. The Balaban J connectivity index is 1.34. The van der Waals surface area contributed by atoms with Gasteiger partial charge in [-0.3, -0.25) is 4.79 Å². The van der Waals surface area contributed by atoms with Crippen LogP contribution in [0, 0.1) is 0 Å². The van der Waals surface area contributed by atoms with Crippen molar-refractivity contribution >= 4 is 17.2 Å². The molecular formula is C33H30N2O3. The molecule has 6 rings (SSSR count). The molecule has 0 aromatic heterocycles. The van der Waals surface area contributed by atoms with Gasteiger partial charge in [0.1, 0.15) is 18.1 Å². The van der Waals surface area contributed by atoms with Crippen LogP contribution in [-0.2, 0) is 11.4 Å². The van der Waals surface area contributed by atoms with E-state index >= 15 is 0 Å². The molecule has 0 spiro atoms. The van der Waals surface area contributed by atoms with Crippen LogP contribution in [-0.4, -0.2) is 12.9 Å². The molecule has 38 heavy (non-hydrogen) atoms. The molecule has 2 atom stereocenters. The molecule has 1 aliphatic heterocycles. The van der Waals surface area contributed by atoms with Crippen molar-refractivity contribution in [3.8, 4) is 11.5 Å². The molecule has 0 saturated carbocycles. The monoisotopic (exact) mass is 502 g/mol. The number of carbonyl (C=O) groups is 1. The van der Waals surface area contributed by atoms with Gasteiger partial charge in [0.2, 0.25) is 0 Å². The van der Waals surface area contributed by atoms with Crippen molar-refractivity contribution < 1.29 is 14.3 Å². The van der Waals surface area contributed by atoms with Gasteiger partial charge in [-0.05, 0) is 65.4 Å². The second-order valence-electron chi connectivity index (χ2n) is 9.79. The fourth-order valence-electron chi connectivity index (χ4n) is 5.38. The van der Waals surface area contributed by atoms with Crippen molar-refractivity contribution in [3.05, 3.63) is 131 Å². The van der Waals surface area contributed by atoms with Gasteiger partial charge < -0.3 is 20.1 Å². The third-order valence-electron chi connectivity index (χ3n) is 7.34. The molecule has 0 radical (unpaired) electrons. The zero-order valence-electron chi connectivity index (χ0n) is 21.3. The number of benzene rings is 4. The first-order valence-electron chi connectivity index (χ1n) is 13.0. The highest BCUT2D eigenvalue weighted by atomic mass is 16.5. The van der Waals surface area contributed by atoms with E-state index in [1.54, 1.807) is 7.11 Å². The number of nitrogens with one attached hydrogen (secondary N) is 2. The van der Waals surface area contributed by atoms with Crippen LogP contribution in [0.25, 0.3) is 0 Å². The Kier molecular flexibility index (Phi) is 6.57. The number of anilines is 2. The predicted molar refractivity (Wildman–Crippen MR) is 151 cm³/mol. The van der Waals surface area contributed by atoms with Crippen molar-refractivity contribution in [3.63, 3.8) is 0 Å². The Hall–Kier alpha value is -4.51. The molecule has 5 heteroatoms. The number of Topliss-reactive ketones (excluding diaryl/α,β-unsaturated/α-hetero) is 1. The zero-order chi connectivity index (χ0) is 25.9. The lowest BCUT2D eigenvalue weighted by atomic mass is 9.78. The molecule has 0 saturated heterocycles. The number of fused-ring (bicyclic) bond motifs is 1. The maximum Gasteiger partial charge on any atom is 0.163 e. The van der Waals surface area contributed by atoms with Crippen molar-refractivity contribution in [1.82, 2.24) is 0 Å². The number of hydrogen-bond acceptors (Lipinski definition) is 5. The topological polar surface area (TPSA) is 59.6 Å². The van der Waals surface area contributed by atoms with Crippen LogP contribution in [0.5, 0.6) is 11.5 Å². The van der Waals surface area contributed by atoms with E-state index < -0.39 is 0 Å². The Labute approximate surface area is 223 Å². The van der Waals surface area contributed by atoms with Crippen molar-refractivity contribution in [2.24, 2.45) is 0 Å². The van der Waals surface area contributed by atoms with Crippen LogP contribution in [0.15, 0.2) is 114 Å². The minimum absolute atomic E-state index is 0.103. The summed E-state index contributed by atoms with van der Waals surface area (Å²) in [6, 6.07) is 34.1. The SMILES string of the molecule is COc1ccc([C@@H]2CC(=O)C3=C(C2)Nc2ccccc2N[C@H]3c2cccc(OCc3ccccc3)c2)cc1. The number of methoxy groups -OCH3 is 1. The summed E-state index contributed by atoms with van der Waals surface area (Å²) in [6.07, 6.45) is 1.22. The third-order valence-corrected chi connectivity index (χ3v) is 7.34. The molecule has 0 amide bonds. The highest BCUT2D eigenvalue weighted by Crippen LogP contribution is 2.44. The molecule has 2 N–H and O–H groups in total. The van der Waals surface area contributed by atoms with Crippen LogP contribution in [0.2, 0.25) is 0 Å². The highest BCUT2D eigenvalue weighted by Gasteiger charge is 2.36. The second-order valence-corrected chi connectivity index (χ2v) is 9.79. The van der Waals surface area contributed by atoms with Crippen LogP contribution in [0.1, 0.15) is 41.5 Å². The van der Waals surface area contributed by atoms with Gasteiger partial charge in [0.25, 0.3) is 0 Å². The summed E-state index contributed by atoms with van der Waals surface area (Å²) in [5.41, 5.74) is 6.97. The average Bonchev–Trinajstić information content (AvgIpc) is 3.14. The molecule has 0 fully saturated rings. The minimum atomic E-state index is -0.286. The largest absolute Gasteiger partial charge is 0.497 e. The standard InChI is InChI=1S/C33H30N2O3/c1-37-26-16-14-23(15-17-26)25-19-30-32(31(36)20-25)33(35-29-13-6-5-12-28(29)34-30)24-10-7-11-27(18-24)38-21-22-8-3-2-4-9-22/h2-18,25,33-35H,19-21H2,1H3/t25-,33-/m0/s1. The van der Waals surface area contributed by atoms with Gasteiger partial charge in [0.05, 0.1) is 24.5 Å². The number of hydrogen-bond donors (Lipinski definition) is 2. The van der Waals surface area contributed by atoms with Crippen LogP contribution in [0.3, 0.4) is 0 Å². The molecule has 0 bridgehead atoms. The van der Waals surface area contributed by atoms with E-state index in [2.05, 4.69) is 53.1 Å². The Morgan fingerprint density at radius 3 is 2.32 bits per heavy atom. The van der Waals surface area contributed by atoms with E-state index in [-0.39, 0.29) is 17.7 Å². The van der Waals surface area contributed by atoms with Gasteiger partial charge in [0, 0.05) is 17.7 Å². The van der Waals surface area contributed by atoms with E-state index in [0.29, 0.717) is 13.0 Å². The molecule has 0 unspecified atom stereocenters. The summed E-state index contributed by atoms with van der Waals surface area (Å²) in [7, 11) is 1.66. The fraction of sp³-hybridized carbons (Fsp3) is 0.182. The number of ketones is 1. The number of allylic oxidation sites excluding steroid dienone is 1. The Morgan fingerprint density at radius 1 is 0.763 bits per heavy atom. The van der Waals surface area contributed by atoms with Gasteiger partial charge in [-0.1, -0.05) is 66.7 Å². The lowest BCUT2D eigenvalue weighted by molar-refractivity contribution is -0.116. The van der Waals surface area contributed by atoms with Crippen molar-refractivity contribution in [2.45, 2.75) is 31.4 Å². The van der Waals surface area contributed by atoms with E-state index in [4.69, 9.17) is 9.47 Å². The van der Waals surface area contributed by atoms with E-state index in [0.717, 1.165) is 57.3 Å². The Morgan fingerprint density at radius 2 is 1.53 bits per heavy atom. The minimum Gasteiger partial charge on any atom is -0.497 e. The summed E-state index contributed by atoms with van der Waals surface area (Å²) in [6.45, 7) is 0.489. The normalized spacial score (nSPS) is 18.4. The number of para-hydroxylation sites is 2. The van der Waals surface area contributed by atoms with Gasteiger partial charge in [-0.15, -0.1) is 0 Å². The summed E-state index contributed by atoms with van der Waals surface area (Å²) in [5, 5.41) is 7.28. The first-order valence-corrected chi connectivity index (χ1v) is 13.0. The Bertz CT molecular complexity index is 1480. The van der Waals surface area contributed by atoms with Crippen LogP contribution >= 0.6 is 0 Å². The third kappa shape index (κ3) is 4.88. The van der Waals surface area contributed by atoms with E-state index in [1.165, 1.54) is 0 Å². The first kappa shape index (κ1) is 23.9. The summed E-state index contributed by atoms with van der Waals surface area (Å²) >= 11 is 0. The van der Waals surface area contributed by atoms with Crippen molar-refractivity contribution in [2.75, 3.05) is 17.7 Å². The lowest BCUT2D eigenvalue weighted by Gasteiger charge is -2.30. The maximum atomic E-state index is 13.8. The molecule has 2 aliphatic rings. The quantitative estimate of drug-likeness (QED) is 0.291. The molecule has 4 aromatic rings.